The van der Waals surface area contributed by atoms with Gasteiger partial charge in [0, 0.05) is 24.2 Å². The molecule has 0 aliphatic rings. The molecule has 0 bridgehead atoms. The number of carbonyl (C=O) groups excluding carboxylic acids is 1. The molecule has 0 spiro atoms. The minimum atomic E-state index is -0.0511. The van der Waals surface area contributed by atoms with E-state index in [2.05, 4.69) is 4.98 Å². The first kappa shape index (κ1) is 13.3. The number of hydrogen-bond acceptors (Lipinski definition) is 4. The Labute approximate surface area is 116 Å². The van der Waals surface area contributed by atoms with E-state index >= 15 is 0 Å². The van der Waals surface area contributed by atoms with Gasteiger partial charge in [0.25, 0.3) is 0 Å². The molecule has 5 heteroatoms. The van der Waals surface area contributed by atoms with Crippen molar-refractivity contribution in [3.05, 3.63) is 52.5 Å². The largest absolute Gasteiger partial charge is 0.399 e. The number of nitrogens with zero attached hydrogens (tertiary/aromatic N) is 2. The lowest BCUT2D eigenvalue weighted by molar-refractivity contribution is -0.125. The normalized spacial score (nSPS) is 10.8. The van der Waals surface area contributed by atoms with Crippen LogP contribution in [0.3, 0.4) is 0 Å². The van der Waals surface area contributed by atoms with Gasteiger partial charge in [-0.1, -0.05) is 12.1 Å². The number of anilines is 1. The second-order valence-corrected chi connectivity index (χ2v) is 4.89. The molecule has 0 saturated heterocycles. The SMILES string of the molecule is CN(Cc1cscn1)C(=O)/C=C/c1ccc(N)cc1. The first-order valence-corrected chi connectivity index (χ1v) is 6.75. The fourth-order valence-corrected chi connectivity index (χ4v) is 2.09. The van der Waals surface area contributed by atoms with Crippen molar-refractivity contribution >= 4 is 29.0 Å². The standard InChI is InChI=1S/C14H15N3OS/c1-17(8-13-9-19-10-16-13)14(18)7-4-11-2-5-12(15)6-3-11/h2-7,9-10H,8,15H2,1H3/b7-4+. The van der Waals surface area contributed by atoms with E-state index in [1.54, 1.807) is 29.6 Å². The van der Waals surface area contributed by atoms with Crippen LogP contribution in [0.4, 0.5) is 5.69 Å². The second kappa shape index (κ2) is 6.15. The van der Waals surface area contributed by atoms with E-state index in [9.17, 15) is 4.79 Å². The molecule has 2 aromatic rings. The maximum absolute atomic E-state index is 11.9. The van der Waals surface area contributed by atoms with Gasteiger partial charge in [0.15, 0.2) is 0 Å². The molecule has 1 aromatic carbocycles. The fraction of sp³-hybridized carbons (Fsp3) is 0.143. The maximum atomic E-state index is 11.9. The molecule has 0 unspecified atom stereocenters. The topological polar surface area (TPSA) is 59.2 Å². The molecule has 0 saturated carbocycles. The zero-order valence-corrected chi connectivity index (χ0v) is 11.4. The van der Waals surface area contributed by atoms with Crippen molar-refractivity contribution in [1.82, 2.24) is 9.88 Å². The van der Waals surface area contributed by atoms with Gasteiger partial charge in [0.2, 0.25) is 5.91 Å². The van der Waals surface area contributed by atoms with Crippen LogP contribution in [-0.4, -0.2) is 22.8 Å². The highest BCUT2D eigenvalue weighted by Gasteiger charge is 2.06. The van der Waals surface area contributed by atoms with Gasteiger partial charge in [0.05, 0.1) is 17.7 Å². The Balaban J connectivity index is 1.94. The summed E-state index contributed by atoms with van der Waals surface area (Å²) in [5.74, 6) is -0.0511. The Kier molecular flexibility index (Phi) is 4.30. The molecule has 19 heavy (non-hydrogen) atoms. The van der Waals surface area contributed by atoms with E-state index in [0.717, 1.165) is 11.3 Å². The van der Waals surface area contributed by atoms with Gasteiger partial charge in [0.1, 0.15) is 0 Å². The number of carbonyl (C=O) groups is 1. The lowest BCUT2D eigenvalue weighted by atomic mass is 10.2. The number of likely N-dealkylation sites (N-methyl/N-ethyl adjacent to an activating group) is 1. The molecule has 0 fully saturated rings. The summed E-state index contributed by atoms with van der Waals surface area (Å²) in [5, 5.41) is 1.94. The molecule has 0 radical (unpaired) electrons. The van der Waals surface area contributed by atoms with E-state index in [1.165, 1.54) is 11.3 Å². The third kappa shape index (κ3) is 3.93. The summed E-state index contributed by atoms with van der Waals surface area (Å²) >= 11 is 1.53. The van der Waals surface area contributed by atoms with E-state index in [4.69, 9.17) is 5.73 Å². The summed E-state index contributed by atoms with van der Waals surface area (Å²) in [6, 6.07) is 7.37. The lowest BCUT2D eigenvalue weighted by Gasteiger charge is -2.13. The van der Waals surface area contributed by atoms with Crippen molar-refractivity contribution < 1.29 is 4.79 Å². The predicted octanol–water partition coefficient (Wildman–Crippen LogP) is 2.40. The quantitative estimate of drug-likeness (QED) is 0.687. The van der Waals surface area contributed by atoms with Crippen LogP contribution >= 0.6 is 11.3 Å². The van der Waals surface area contributed by atoms with Crippen molar-refractivity contribution in [3.8, 4) is 0 Å². The van der Waals surface area contributed by atoms with Crippen molar-refractivity contribution in [2.45, 2.75) is 6.54 Å². The molecular weight excluding hydrogens is 258 g/mol. The Morgan fingerprint density at radius 2 is 2.16 bits per heavy atom. The van der Waals surface area contributed by atoms with E-state index in [-0.39, 0.29) is 5.91 Å². The van der Waals surface area contributed by atoms with Crippen LogP contribution in [0.1, 0.15) is 11.3 Å². The first-order chi connectivity index (χ1) is 9.15. The maximum Gasteiger partial charge on any atom is 0.246 e. The van der Waals surface area contributed by atoms with Crippen LogP contribution in [0, 0.1) is 0 Å². The van der Waals surface area contributed by atoms with Crippen molar-refractivity contribution in [2.75, 3.05) is 12.8 Å². The fourth-order valence-electron chi connectivity index (χ4n) is 1.54. The van der Waals surface area contributed by atoms with Crippen molar-refractivity contribution in [1.29, 1.82) is 0 Å². The average molecular weight is 273 g/mol. The summed E-state index contributed by atoms with van der Waals surface area (Å²) in [5.41, 5.74) is 9.93. The highest BCUT2D eigenvalue weighted by Crippen LogP contribution is 2.08. The van der Waals surface area contributed by atoms with Gasteiger partial charge < -0.3 is 10.6 Å². The Morgan fingerprint density at radius 3 is 2.79 bits per heavy atom. The number of aromatic nitrogens is 1. The number of benzene rings is 1. The number of hydrogen-bond donors (Lipinski definition) is 1. The minimum Gasteiger partial charge on any atom is -0.399 e. The number of rotatable bonds is 4. The Morgan fingerprint density at radius 1 is 1.42 bits per heavy atom. The monoisotopic (exact) mass is 273 g/mol. The third-order valence-corrected chi connectivity index (χ3v) is 3.25. The molecule has 4 nitrogen and oxygen atoms in total. The van der Waals surface area contributed by atoms with Crippen molar-refractivity contribution in [3.63, 3.8) is 0 Å². The van der Waals surface area contributed by atoms with Crippen LogP contribution in [0.5, 0.6) is 0 Å². The average Bonchev–Trinajstić information content (AvgIpc) is 2.90. The number of thiazole rings is 1. The molecule has 2 N–H and O–H groups in total. The molecule has 1 aromatic heterocycles. The summed E-state index contributed by atoms with van der Waals surface area (Å²) in [6.45, 7) is 0.522. The van der Waals surface area contributed by atoms with Gasteiger partial charge in [-0.05, 0) is 23.8 Å². The van der Waals surface area contributed by atoms with Crippen LogP contribution in [0.15, 0.2) is 41.2 Å². The summed E-state index contributed by atoms with van der Waals surface area (Å²) < 4.78 is 0. The highest BCUT2D eigenvalue weighted by molar-refractivity contribution is 7.07. The summed E-state index contributed by atoms with van der Waals surface area (Å²) in [6.07, 6.45) is 3.33. The van der Waals surface area contributed by atoms with Gasteiger partial charge in [-0.15, -0.1) is 11.3 Å². The molecule has 0 aliphatic carbocycles. The smallest absolute Gasteiger partial charge is 0.246 e. The first-order valence-electron chi connectivity index (χ1n) is 5.81. The van der Waals surface area contributed by atoms with E-state index < -0.39 is 0 Å². The molecule has 1 heterocycles. The summed E-state index contributed by atoms with van der Waals surface area (Å²) in [7, 11) is 1.76. The molecular formula is C14H15N3OS. The van der Waals surface area contributed by atoms with Gasteiger partial charge in [-0.2, -0.15) is 0 Å². The number of nitrogens with two attached hydrogens (primary N) is 1. The van der Waals surface area contributed by atoms with Gasteiger partial charge >= 0.3 is 0 Å². The molecule has 0 aliphatic heterocycles. The molecule has 0 atom stereocenters. The number of nitrogen functional groups attached to an aromatic ring is 1. The Bertz CT molecular complexity index is 561. The highest BCUT2D eigenvalue weighted by atomic mass is 32.1. The van der Waals surface area contributed by atoms with E-state index in [1.807, 2.05) is 29.6 Å². The van der Waals surface area contributed by atoms with Crippen LogP contribution in [0.2, 0.25) is 0 Å². The third-order valence-electron chi connectivity index (χ3n) is 2.61. The minimum absolute atomic E-state index is 0.0511. The molecule has 98 valence electrons. The van der Waals surface area contributed by atoms with Crippen LogP contribution in [0.25, 0.3) is 6.08 Å². The van der Waals surface area contributed by atoms with Gasteiger partial charge in [-0.25, -0.2) is 4.98 Å². The van der Waals surface area contributed by atoms with Gasteiger partial charge in [-0.3, -0.25) is 4.79 Å². The predicted molar refractivity (Wildman–Crippen MR) is 78.5 cm³/mol. The Hall–Kier alpha value is -2.14. The number of amides is 1. The summed E-state index contributed by atoms with van der Waals surface area (Å²) in [4.78, 5) is 17.7. The van der Waals surface area contributed by atoms with E-state index in [0.29, 0.717) is 12.2 Å². The van der Waals surface area contributed by atoms with Crippen LogP contribution in [-0.2, 0) is 11.3 Å². The second-order valence-electron chi connectivity index (χ2n) is 4.17. The zero-order chi connectivity index (χ0) is 13.7. The van der Waals surface area contributed by atoms with Crippen molar-refractivity contribution in [2.24, 2.45) is 0 Å². The lowest BCUT2D eigenvalue weighted by Crippen LogP contribution is -2.24. The molecule has 2 rings (SSSR count). The molecule has 1 amide bonds. The van der Waals surface area contributed by atoms with Crippen LogP contribution < -0.4 is 5.73 Å². The zero-order valence-electron chi connectivity index (χ0n) is 10.6.